The molecule has 0 atom stereocenters. The van der Waals surface area contributed by atoms with Crippen molar-refractivity contribution in [2.75, 3.05) is 6.26 Å². The lowest BCUT2D eigenvalue weighted by Gasteiger charge is -2.10. The highest BCUT2D eigenvalue weighted by Gasteiger charge is 2.36. The minimum atomic E-state index is -4.83. The Balaban J connectivity index is 2.28. The first-order chi connectivity index (χ1) is 12.4. The number of rotatable bonds is 3. The van der Waals surface area contributed by atoms with E-state index in [4.69, 9.17) is 0 Å². The van der Waals surface area contributed by atoms with Crippen molar-refractivity contribution in [1.82, 2.24) is 14.8 Å². The molecule has 0 aliphatic heterocycles. The largest absolute Gasteiger partial charge is 0.435 e. The van der Waals surface area contributed by atoms with Gasteiger partial charge in [0, 0.05) is 17.7 Å². The Morgan fingerprint density at radius 1 is 1.11 bits per heavy atom. The van der Waals surface area contributed by atoms with E-state index in [-0.39, 0.29) is 11.4 Å². The van der Waals surface area contributed by atoms with E-state index in [1.165, 1.54) is 5.38 Å². The number of sulfone groups is 1. The van der Waals surface area contributed by atoms with Gasteiger partial charge in [0.1, 0.15) is 22.2 Å². The second kappa shape index (κ2) is 6.37. The molecule has 5 nitrogen and oxygen atoms in total. The molecule has 1 aromatic carbocycles. The van der Waals surface area contributed by atoms with Crippen LogP contribution in [-0.4, -0.2) is 29.4 Å². The van der Waals surface area contributed by atoms with Gasteiger partial charge in [-0.25, -0.2) is 26.9 Å². The number of benzene rings is 1. The smallest absolute Gasteiger partial charge is 0.240 e. The molecular weight excluding hydrogens is 413 g/mol. The molecule has 12 heteroatoms. The van der Waals surface area contributed by atoms with E-state index in [2.05, 4.69) is 10.1 Å². The summed E-state index contributed by atoms with van der Waals surface area (Å²) in [5, 5.41) is 5.32. The molecular formula is C15H10F5N3O2S2. The van der Waals surface area contributed by atoms with Crippen LogP contribution in [0.25, 0.3) is 17.1 Å². The quantitative estimate of drug-likeness (QED) is 0.598. The van der Waals surface area contributed by atoms with Crippen LogP contribution < -0.4 is 0 Å². The minimum Gasteiger partial charge on any atom is -0.240 e. The highest BCUT2D eigenvalue weighted by atomic mass is 32.2. The molecule has 3 rings (SSSR count). The highest BCUT2D eigenvalue weighted by molar-refractivity contribution is 7.90. The molecule has 0 aliphatic rings. The molecule has 0 aliphatic carbocycles. The van der Waals surface area contributed by atoms with Crippen LogP contribution in [-0.2, 0) is 16.0 Å². The molecule has 27 heavy (non-hydrogen) atoms. The van der Waals surface area contributed by atoms with E-state index in [1.807, 2.05) is 0 Å². The Labute approximate surface area is 154 Å². The SMILES string of the molecule is Cc1nc(-c2cc(C(F)(F)F)nn2-c2cc(F)c(S(C)(=O)=O)cc2F)cs1. The Morgan fingerprint density at radius 3 is 2.30 bits per heavy atom. The third-order valence-electron chi connectivity index (χ3n) is 3.51. The van der Waals surface area contributed by atoms with Crippen LogP contribution in [0.3, 0.4) is 0 Å². The topological polar surface area (TPSA) is 64.8 Å². The Bertz CT molecular complexity index is 1130. The summed E-state index contributed by atoms with van der Waals surface area (Å²) in [7, 11) is -4.07. The molecule has 0 bridgehead atoms. The summed E-state index contributed by atoms with van der Waals surface area (Å²) in [6.45, 7) is 1.63. The fraction of sp³-hybridized carbons (Fsp3) is 0.200. The monoisotopic (exact) mass is 423 g/mol. The Hall–Kier alpha value is -2.34. The van der Waals surface area contributed by atoms with Gasteiger partial charge in [0.25, 0.3) is 0 Å². The van der Waals surface area contributed by atoms with Crippen LogP contribution >= 0.6 is 11.3 Å². The van der Waals surface area contributed by atoms with E-state index >= 15 is 0 Å². The van der Waals surface area contributed by atoms with Crippen molar-refractivity contribution in [1.29, 1.82) is 0 Å². The molecule has 0 spiro atoms. The maximum Gasteiger partial charge on any atom is 0.435 e. The van der Waals surface area contributed by atoms with Crippen molar-refractivity contribution in [2.45, 2.75) is 18.0 Å². The molecule has 2 aromatic heterocycles. The molecule has 0 saturated carbocycles. The summed E-state index contributed by atoms with van der Waals surface area (Å²) in [6.07, 6.45) is -4.14. The lowest BCUT2D eigenvalue weighted by Crippen LogP contribution is -2.10. The van der Waals surface area contributed by atoms with Crippen molar-refractivity contribution < 1.29 is 30.4 Å². The number of hydrogen-bond acceptors (Lipinski definition) is 5. The van der Waals surface area contributed by atoms with E-state index in [1.54, 1.807) is 6.92 Å². The molecule has 0 N–H and O–H groups in total. The van der Waals surface area contributed by atoms with Gasteiger partial charge in [-0.1, -0.05) is 0 Å². The Kier molecular flexibility index (Phi) is 4.58. The lowest BCUT2D eigenvalue weighted by molar-refractivity contribution is -0.141. The zero-order valence-corrected chi connectivity index (χ0v) is 15.3. The van der Waals surface area contributed by atoms with Crippen molar-refractivity contribution in [3.8, 4) is 17.1 Å². The molecule has 2 heterocycles. The molecule has 0 radical (unpaired) electrons. The number of alkyl halides is 3. The third kappa shape index (κ3) is 3.72. The average Bonchev–Trinajstić information content (AvgIpc) is 3.13. The number of halogens is 5. The lowest BCUT2D eigenvalue weighted by atomic mass is 10.2. The van der Waals surface area contributed by atoms with E-state index in [0.29, 0.717) is 34.1 Å². The highest BCUT2D eigenvalue weighted by Crippen LogP contribution is 2.34. The van der Waals surface area contributed by atoms with Crippen molar-refractivity contribution in [3.05, 3.63) is 45.9 Å². The summed E-state index contributed by atoms with van der Waals surface area (Å²) < 4.78 is 91.4. The van der Waals surface area contributed by atoms with E-state index in [0.717, 1.165) is 11.3 Å². The number of hydrogen-bond donors (Lipinski definition) is 0. The average molecular weight is 423 g/mol. The first-order valence-corrected chi connectivity index (χ1v) is 9.94. The fourth-order valence-electron chi connectivity index (χ4n) is 2.33. The standard InChI is InChI=1S/C15H10F5N3O2S2/c1-7-21-10(6-26-7)12-5-14(15(18,19)20)22-23(12)11-3-9(17)13(4-8(11)16)27(2,24)25/h3-6H,1-2H3. The second-order valence-electron chi connectivity index (χ2n) is 5.58. The van der Waals surface area contributed by atoms with Gasteiger partial charge in [-0.2, -0.15) is 18.3 Å². The van der Waals surface area contributed by atoms with Gasteiger partial charge in [-0.05, 0) is 19.1 Å². The number of aromatic nitrogens is 3. The second-order valence-corrected chi connectivity index (χ2v) is 8.63. The van der Waals surface area contributed by atoms with Gasteiger partial charge < -0.3 is 0 Å². The van der Waals surface area contributed by atoms with Gasteiger partial charge in [-0.3, -0.25) is 0 Å². The maximum absolute atomic E-state index is 14.5. The fourth-order valence-corrected chi connectivity index (χ4v) is 3.67. The van der Waals surface area contributed by atoms with Gasteiger partial charge >= 0.3 is 6.18 Å². The Morgan fingerprint density at radius 2 is 1.78 bits per heavy atom. The number of aryl methyl sites for hydroxylation is 1. The zero-order chi connectivity index (χ0) is 20.1. The van der Waals surface area contributed by atoms with Gasteiger partial charge in [0.05, 0.1) is 16.4 Å². The summed E-state index contributed by atoms with van der Waals surface area (Å²) in [6, 6.07) is 1.56. The van der Waals surface area contributed by atoms with Gasteiger partial charge in [-0.15, -0.1) is 11.3 Å². The molecule has 3 aromatic rings. The molecule has 0 saturated heterocycles. The third-order valence-corrected chi connectivity index (χ3v) is 5.40. The van der Waals surface area contributed by atoms with Crippen molar-refractivity contribution in [2.24, 2.45) is 0 Å². The van der Waals surface area contributed by atoms with Crippen LogP contribution in [0.15, 0.2) is 28.5 Å². The van der Waals surface area contributed by atoms with Crippen LogP contribution in [0.5, 0.6) is 0 Å². The predicted octanol–water partition coefficient (Wildman–Crippen LogP) is 4.00. The van der Waals surface area contributed by atoms with E-state index < -0.39 is 43.9 Å². The summed E-state index contributed by atoms with van der Waals surface area (Å²) in [5.74, 6) is -2.56. The predicted molar refractivity (Wildman–Crippen MR) is 87.4 cm³/mol. The summed E-state index contributed by atoms with van der Waals surface area (Å²) in [5.41, 5.74) is -2.12. The normalized spacial score (nSPS) is 12.6. The molecule has 0 unspecified atom stereocenters. The number of thiazole rings is 1. The zero-order valence-electron chi connectivity index (χ0n) is 13.7. The first kappa shape index (κ1) is 19.4. The maximum atomic E-state index is 14.5. The van der Waals surface area contributed by atoms with Crippen LogP contribution in [0, 0.1) is 18.6 Å². The van der Waals surface area contributed by atoms with E-state index in [9.17, 15) is 30.4 Å². The number of nitrogens with zero attached hydrogens (tertiary/aromatic N) is 3. The molecule has 0 amide bonds. The minimum absolute atomic E-state index is 0.0903. The van der Waals surface area contributed by atoms with Crippen molar-refractivity contribution >= 4 is 21.2 Å². The van der Waals surface area contributed by atoms with Crippen molar-refractivity contribution in [3.63, 3.8) is 0 Å². The summed E-state index contributed by atoms with van der Waals surface area (Å²) >= 11 is 1.15. The van der Waals surface area contributed by atoms with Crippen LogP contribution in [0.1, 0.15) is 10.7 Å². The van der Waals surface area contributed by atoms with Crippen LogP contribution in [0.4, 0.5) is 22.0 Å². The first-order valence-electron chi connectivity index (χ1n) is 7.17. The summed E-state index contributed by atoms with van der Waals surface area (Å²) in [4.78, 5) is 3.15. The van der Waals surface area contributed by atoms with Crippen LogP contribution in [0.2, 0.25) is 0 Å². The molecule has 144 valence electrons. The van der Waals surface area contributed by atoms with Gasteiger partial charge in [0.15, 0.2) is 15.5 Å². The molecule has 0 fully saturated rings. The van der Waals surface area contributed by atoms with Gasteiger partial charge in [0.2, 0.25) is 0 Å².